The molecule has 3 aromatic carbocycles. The van der Waals surface area contributed by atoms with Crippen LogP contribution < -0.4 is 15.8 Å². The first-order valence-corrected chi connectivity index (χ1v) is 11.5. The fourth-order valence-corrected chi connectivity index (χ4v) is 4.35. The van der Waals surface area contributed by atoms with Crippen molar-refractivity contribution in [3.63, 3.8) is 0 Å². The molecule has 172 valence electrons. The van der Waals surface area contributed by atoms with Gasteiger partial charge in [-0.15, -0.1) is 0 Å². The third-order valence-corrected chi connectivity index (χ3v) is 6.95. The van der Waals surface area contributed by atoms with Crippen molar-refractivity contribution in [2.75, 3.05) is 19.5 Å². The molecule has 0 bridgehead atoms. The largest absolute Gasteiger partial charge is 0.496 e. The molecule has 0 spiro atoms. The molecule has 0 aliphatic heterocycles. The molecule has 3 N–H and O–H groups in total. The predicted molar refractivity (Wildman–Crippen MR) is 126 cm³/mol. The summed E-state index contributed by atoms with van der Waals surface area (Å²) in [6.07, 6.45) is 0. The molecular weight excluding hydrogens is 466 g/mol. The first-order valence-electron chi connectivity index (χ1n) is 9.72. The van der Waals surface area contributed by atoms with Gasteiger partial charge < -0.3 is 15.8 Å². The Morgan fingerprint density at radius 3 is 2.18 bits per heavy atom. The Kier molecular flexibility index (Phi) is 7.37. The van der Waals surface area contributed by atoms with Gasteiger partial charge in [0, 0.05) is 41.0 Å². The van der Waals surface area contributed by atoms with Gasteiger partial charge in [-0.3, -0.25) is 9.59 Å². The Morgan fingerprint density at radius 2 is 1.61 bits per heavy atom. The van der Waals surface area contributed by atoms with Gasteiger partial charge in [-0.2, -0.15) is 4.31 Å². The molecule has 3 aromatic rings. The number of rotatable bonds is 8. The highest BCUT2D eigenvalue weighted by Crippen LogP contribution is 2.25. The highest BCUT2D eigenvalue weighted by atomic mass is 35.5. The smallest absolute Gasteiger partial charge is 0.255 e. The average molecular weight is 488 g/mol. The van der Waals surface area contributed by atoms with Crippen molar-refractivity contribution in [2.24, 2.45) is 5.73 Å². The van der Waals surface area contributed by atoms with Crippen LogP contribution in [-0.4, -0.2) is 38.7 Å². The third-order valence-electron chi connectivity index (χ3n) is 4.88. The minimum Gasteiger partial charge on any atom is -0.496 e. The third kappa shape index (κ3) is 5.70. The minimum atomic E-state index is -3.79. The summed E-state index contributed by atoms with van der Waals surface area (Å²) in [6.45, 7) is -0.0252. The molecule has 0 saturated carbocycles. The van der Waals surface area contributed by atoms with E-state index in [9.17, 15) is 18.0 Å². The molecular formula is C23H22ClN3O5S. The van der Waals surface area contributed by atoms with Crippen molar-refractivity contribution in [2.45, 2.75) is 11.4 Å². The Balaban J connectivity index is 1.82. The molecule has 0 aliphatic rings. The van der Waals surface area contributed by atoms with Crippen LogP contribution in [0.2, 0.25) is 5.02 Å². The van der Waals surface area contributed by atoms with E-state index in [1.54, 1.807) is 30.3 Å². The zero-order valence-electron chi connectivity index (χ0n) is 17.9. The number of methoxy groups -OCH3 is 1. The van der Waals surface area contributed by atoms with Crippen LogP contribution in [-0.2, 0) is 16.6 Å². The van der Waals surface area contributed by atoms with Crippen LogP contribution in [0, 0.1) is 0 Å². The fraction of sp³-hybridized carbons (Fsp3) is 0.130. The highest BCUT2D eigenvalue weighted by Gasteiger charge is 2.22. The van der Waals surface area contributed by atoms with Gasteiger partial charge in [-0.25, -0.2) is 8.42 Å². The number of hydrogen-bond acceptors (Lipinski definition) is 5. The van der Waals surface area contributed by atoms with Crippen LogP contribution in [0.4, 0.5) is 5.69 Å². The maximum Gasteiger partial charge on any atom is 0.255 e. The molecule has 10 heteroatoms. The van der Waals surface area contributed by atoms with Gasteiger partial charge in [0.2, 0.25) is 15.9 Å². The van der Waals surface area contributed by atoms with E-state index in [4.69, 9.17) is 22.1 Å². The van der Waals surface area contributed by atoms with Gasteiger partial charge in [0.1, 0.15) is 5.75 Å². The summed E-state index contributed by atoms with van der Waals surface area (Å²) in [4.78, 5) is 24.0. The fourth-order valence-electron chi connectivity index (χ4n) is 3.08. The van der Waals surface area contributed by atoms with Crippen LogP contribution in [0.25, 0.3) is 0 Å². The number of nitrogens with one attached hydrogen (secondary N) is 1. The first kappa shape index (κ1) is 24.2. The van der Waals surface area contributed by atoms with E-state index in [1.165, 1.54) is 54.9 Å². The normalized spacial score (nSPS) is 11.3. The van der Waals surface area contributed by atoms with Crippen LogP contribution in [0.5, 0.6) is 5.75 Å². The number of anilines is 1. The van der Waals surface area contributed by atoms with Crippen molar-refractivity contribution in [3.8, 4) is 5.75 Å². The summed E-state index contributed by atoms with van der Waals surface area (Å²) in [5.74, 6) is -0.533. The molecule has 0 saturated heterocycles. The number of sulfonamides is 1. The number of nitrogens with zero attached hydrogens (tertiary/aromatic N) is 1. The van der Waals surface area contributed by atoms with Crippen molar-refractivity contribution < 1.29 is 22.7 Å². The zero-order chi connectivity index (χ0) is 24.2. The Morgan fingerprint density at radius 1 is 1.00 bits per heavy atom. The van der Waals surface area contributed by atoms with Crippen LogP contribution in [0.1, 0.15) is 26.3 Å². The predicted octanol–water partition coefficient (Wildman–Crippen LogP) is 3.52. The second-order valence-electron chi connectivity index (χ2n) is 7.14. The minimum absolute atomic E-state index is 0.0252. The van der Waals surface area contributed by atoms with Crippen molar-refractivity contribution in [1.29, 1.82) is 0 Å². The van der Waals surface area contributed by atoms with E-state index >= 15 is 0 Å². The molecule has 0 aromatic heterocycles. The second kappa shape index (κ2) is 10.0. The van der Waals surface area contributed by atoms with Crippen LogP contribution in [0.3, 0.4) is 0 Å². The lowest BCUT2D eigenvalue weighted by atomic mass is 10.1. The maximum atomic E-state index is 12.9. The Hall–Kier alpha value is -3.40. The number of carbonyl (C=O) groups excluding carboxylic acids is 2. The molecule has 0 aliphatic carbocycles. The van der Waals surface area contributed by atoms with Gasteiger partial charge in [-0.1, -0.05) is 11.6 Å². The Bertz CT molecular complexity index is 1280. The summed E-state index contributed by atoms with van der Waals surface area (Å²) in [6, 6.07) is 16.8. The van der Waals surface area contributed by atoms with Gasteiger partial charge in [-0.05, 0) is 66.7 Å². The SMILES string of the molecule is COc1ccc(C(=O)Nc2ccc(C(N)=O)cc2)cc1CN(C)S(=O)(=O)c1ccc(Cl)cc1. The van der Waals surface area contributed by atoms with Crippen LogP contribution in [0.15, 0.2) is 71.6 Å². The number of benzene rings is 3. The monoisotopic (exact) mass is 487 g/mol. The number of carbonyl (C=O) groups is 2. The summed E-state index contributed by atoms with van der Waals surface area (Å²) in [7, 11) is -0.885. The van der Waals surface area contributed by atoms with Crippen LogP contribution >= 0.6 is 11.6 Å². The van der Waals surface area contributed by atoms with Crippen molar-refractivity contribution >= 4 is 39.1 Å². The average Bonchev–Trinajstić information content (AvgIpc) is 2.79. The van der Waals surface area contributed by atoms with Crippen molar-refractivity contribution in [3.05, 3.63) is 88.4 Å². The molecule has 0 heterocycles. The number of hydrogen-bond donors (Lipinski definition) is 2. The van der Waals surface area contributed by atoms with Gasteiger partial charge in [0.15, 0.2) is 0 Å². The number of halogens is 1. The number of ether oxygens (including phenoxy) is 1. The maximum absolute atomic E-state index is 12.9. The molecule has 2 amide bonds. The first-order chi connectivity index (χ1) is 15.6. The van der Waals surface area contributed by atoms with E-state index in [0.717, 1.165) is 0 Å². The van der Waals surface area contributed by atoms with E-state index in [1.807, 2.05) is 0 Å². The summed E-state index contributed by atoms with van der Waals surface area (Å²) in [5.41, 5.74) is 6.84. The standard InChI is InChI=1S/C23H22ClN3O5S/c1-27(33(30,31)20-10-6-18(24)7-11-20)14-17-13-16(5-12-21(17)32-2)23(29)26-19-8-3-15(4-9-19)22(25)28/h3-13H,14H2,1-2H3,(H2,25,28)(H,26,29). The number of amides is 2. The molecule has 0 atom stereocenters. The van der Waals surface area contributed by atoms with E-state index in [-0.39, 0.29) is 11.4 Å². The lowest BCUT2D eigenvalue weighted by Gasteiger charge is -2.19. The van der Waals surface area contributed by atoms with Gasteiger partial charge >= 0.3 is 0 Å². The van der Waals surface area contributed by atoms with Crippen molar-refractivity contribution in [1.82, 2.24) is 4.31 Å². The topological polar surface area (TPSA) is 119 Å². The Labute approximate surface area is 197 Å². The number of nitrogens with two attached hydrogens (primary N) is 1. The lowest BCUT2D eigenvalue weighted by Crippen LogP contribution is -2.27. The highest BCUT2D eigenvalue weighted by molar-refractivity contribution is 7.89. The summed E-state index contributed by atoms with van der Waals surface area (Å²) in [5, 5.41) is 3.16. The summed E-state index contributed by atoms with van der Waals surface area (Å²) < 4.78 is 32.3. The molecule has 0 unspecified atom stereocenters. The molecule has 8 nitrogen and oxygen atoms in total. The second-order valence-corrected chi connectivity index (χ2v) is 9.62. The molecule has 0 fully saturated rings. The van der Waals surface area contributed by atoms with Gasteiger partial charge in [0.05, 0.1) is 12.0 Å². The molecule has 3 rings (SSSR count). The van der Waals surface area contributed by atoms with Gasteiger partial charge in [0.25, 0.3) is 5.91 Å². The van der Waals surface area contributed by atoms with E-state index < -0.39 is 21.8 Å². The quantitative estimate of drug-likeness (QED) is 0.504. The lowest BCUT2D eigenvalue weighted by molar-refractivity contribution is 0.0998. The number of primary amides is 1. The van der Waals surface area contributed by atoms with E-state index in [2.05, 4.69) is 5.32 Å². The summed E-state index contributed by atoms with van der Waals surface area (Å²) >= 11 is 5.85. The zero-order valence-corrected chi connectivity index (χ0v) is 19.5. The molecule has 33 heavy (non-hydrogen) atoms. The van der Waals surface area contributed by atoms with E-state index in [0.29, 0.717) is 33.1 Å². The molecule has 0 radical (unpaired) electrons.